The van der Waals surface area contributed by atoms with E-state index in [0.29, 0.717) is 56.8 Å². The minimum Gasteiger partial charge on any atom is -0.497 e. The highest BCUT2D eigenvalue weighted by molar-refractivity contribution is 6.31. The molecule has 6 rings (SSSR count). The molecule has 0 unspecified atom stereocenters. The Morgan fingerprint density at radius 3 is 2.13 bits per heavy atom. The number of ketones is 1. The number of para-hydroxylation sites is 2. The van der Waals surface area contributed by atoms with E-state index in [4.69, 9.17) is 30.5 Å². The Morgan fingerprint density at radius 1 is 0.822 bits per heavy atom. The molecule has 0 aromatic heterocycles. The van der Waals surface area contributed by atoms with Gasteiger partial charge in [-0.1, -0.05) is 54.1 Å². The molecular weight excluding hydrogens is 592 g/mol. The molecule has 2 aliphatic rings. The van der Waals surface area contributed by atoms with Gasteiger partial charge in [-0.05, 0) is 65.9 Å². The lowest BCUT2D eigenvalue weighted by Gasteiger charge is -2.35. The maximum Gasteiger partial charge on any atom is 0.259 e. The van der Waals surface area contributed by atoms with E-state index in [2.05, 4.69) is 5.32 Å². The fourth-order valence-corrected chi connectivity index (χ4v) is 6.50. The number of rotatable bonds is 7. The summed E-state index contributed by atoms with van der Waals surface area (Å²) in [6.45, 7) is 0. The Bertz CT molecular complexity index is 1780. The van der Waals surface area contributed by atoms with E-state index >= 15 is 0 Å². The number of methoxy groups -OCH3 is 4. The number of carbonyl (C=O) groups is 2. The number of hydrogen-bond acceptors (Lipinski definition) is 7. The zero-order chi connectivity index (χ0) is 31.7. The van der Waals surface area contributed by atoms with Gasteiger partial charge >= 0.3 is 0 Å². The topological polar surface area (TPSA) is 86.3 Å². The molecule has 2 atom stereocenters. The number of allylic oxidation sites excluding steroid dienone is 1. The average Bonchev–Trinajstić information content (AvgIpc) is 3.22. The maximum atomic E-state index is 14.8. The van der Waals surface area contributed by atoms with Gasteiger partial charge in [0.15, 0.2) is 17.3 Å². The number of nitrogens with zero attached hydrogens (tertiary/aromatic N) is 1. The summed E-state index contributed by atoms with van der Waals surface area (Å²) in [5.74, 6) is 1.30. The van der Waals surface area contributed by atoms with Crippen LogP contribution in [-0.4, -0.2) is 40.1 Å². The van der Waals surface area contributed by atoms with Crippen LogP contribution in [0.4, 0.5) is 11.4 Å². The van der Waals surface area contributed by atoms with Gasteiger partial charge in [-0.3, -0.25) is 14.5 Å². The van der Waals surface area contributed by atoms with Crippen LogP contribution in [0.1, 0.15) is 46.3 Å². The third kappa shape index (κ3) is 5.46. The second kappa shape index (κ2) is 12.6. The highest BCUT2D eigenvalue weighted by Crippen LogP contribution is 2.49. The molecule has 9 heteroatoms. The molecule has 0 saturated heterocycles. The Labute approximate surface area is 267 Å². The Hall–Kier alpha value is -4.95. The summed E-state index contributed by atoms with van der Waals surface area (Å²) in [4.78, 5) is 30.8. The van der Waals surface area contributed by atoms with Crippen LogP contribution in [0.3, 0.4) is 0 Å². The summed E-state index contributed by atoms with van der Waals surface area (Å²) in [5, 5.41) is 4.01. The molecule has 1 aliphatic heterocycles. The third-order valence-electron chi connectivity index (χ3n) is 8.41. The van der Waals surface area contributed by atoms with Crippen molar-refractivity contribution in [2.45, 2.75) is 24.8 Å². The summed E-state index contributed by atoms with van der Waals surface area (Å²) in [6, 6.07) is 25.1. The number of hydrogen-bond donors (Lipinski definition) is 1. The Kier molecular flexibility index (Phi) is 8.41. The van der Waals surface area contributed by atoms with E-state index in [9.17, 15) is 9.59 Å². The normalized spacial score (nSPS) is 17.4. The molecule has 4 aromatic rings. The first-order valence-electron chi connectivity index (χ1n) is 14.5. The molecule has 1 N–H and O–H groups in total. The van der Waals surface area contributed by atoms with E-state index in [1.165, 1.54) is 21.3 Å². The molecule has 1 amide bonds. The predicted octanol–water partition coefficient (Wildman–Crippen LogP) is 7.59. The molecule has 230 valence electrons. The smallest absolute Gasteiger partial charge is 0.259 e. The van der Waals surface area contributed by atoms with Gasteiger partial charge in [0.2, 0.25) is 5.75 Å². The van der Waals surface area contributed by atoms with Gasteiger partial charge in [0.05, 0.1) is 45.9 Å². The zero-order valence-electron chi connectivity index (χ0n) is 25.4. The minimum atomic E-state index is -0.819. The molecule has 1 heterocycles. The van der Waals surface area contributed by atoms with E-state index in [1.807, 2.05) is 66.7 Å². The number of anilines is 2. The number of nitrogens with one attached hydrogen (secondary N) is 1. The highest BCUT2D eigenvalue weighted by Gasteiger charge is 2.43. The Balaban J connectivity index is 1.56. The van der Waals surface area contributed by atoms with E-state index in [-0.39, 0.29) is 24.0 Å². The monoisotopic (exact) mass is 624 g/mol. The van der Waals surface area contributed by atoms with Crippen molar-refractivity contribution < 1.29 is 28.5 Å². The summed E-state index contributed by atoms with van der Waals surface area (Å²) < 4.78 is 22.0. The molecule has 0 spiro atoms. The highest BCUT2D eigenvalue weighted by atomic mass is 35.5. The van der Waals surface area contributed by atoms with Gasteiger partial charge in [-0.15, -0.1) is 0 Å². The summed E-state index contributed by atoms with van der Waals surface area (Å²) in [6.07, 6.45) is 0.839. The molecule has 0 radical (unpaired) electrons. The second-order valence-corrected chi connectivity index (χ2v) is 11.3. The number of Topliss-reactive ketones (excluding diaryl/α,β-unsaturated/α-hetero) is 1. The van der Waals surface area contributed by atoms with Gasteiger partial charge in [-0.2, -0.15) is 0 Å². The quantitative estimate of drug-likeness (QED) is 0.227. The van der Waals surface area contributed by atoms with Crippen molar-refractivity contribution in [1.82, 2.24) is 0 Å². The van der Waals surface area contributed by atoms with E-state index < -0.39 is 6.04 Å². The minimum absolute atomic E-state index is 0.0638. The first-order chi connectivity index (χ1) is 21.9. The van der Waals surface area contributed by atoms with Crippen LogP contribution < -0.4 is 29.2 Å². The van der Waals surface area contributed by atoms with E-state index in [1.54, 1.807) is 30.2 Å². The van der Waals surface area contributed by atoms with Gasteiger partial charge in [-0.25, -0.2) is 0 Å². The summed E-state index contributed by atoms with van der Waals surface area (Å²) >= 11 is 6.86. The fraction of sp³-hybridized carbons (Fsp3) is 0.222. The largest absolute Gasteiger partial charge is 0.497 e. The molecular formula is C36H33ClN2O6. The lowest BCUT2D eigenvalue weighted by atomic mass is 9.78. The first kappa shape index (κ1) is 30.1. The second-order valence-electron chi connectivity index (χ2n) is 10.8. The lowest BCUT2D eigenvalue weighted by molar-refractivity contribution is -0.116. The average molecular weight is 625 g/mol. The van der Waals surface area contributed by atoms with Crippen LogP contribution in [-0.2, 0) is 4.79 Å². The van der Waals surface area contributed by atoms with Gasteiger partial charge in [0.1, 0.15) is 5.75 Å². The Morgan fingerprint density at radius 2 is 1.49 bits per heavy atom. The van der Waals surface area contributed by atoms with Gasteiger partial charge in [0.25, 0.3) is 5.91 Å². The molecule has 1 aliphatic carbocycles. The molecule has 0 bridgehead atoms. The molecule has 45 heavy (non-hydrogen) atoms. The molecule has 0 fully saturated rings. The van der Waals surface area contributed by atoms with Crippen molar-refractivity contribution in [3.05, 3.63) is 118 Å². The zero-order valence-corrected chi connectivity index (χ0v) is 26.2. The van der Waals surface area contributed by atoms with Crippen molar-refractivity contribution >= 4 is 34.7 Å². The first-order valence-corrected chi connectivity index (χ1v) is 14.9. The SMILES string of the molecule is COc1ccc([C@H]2CC(=O)C3=C(C2)Nc2ccccc2N(C(=O)c2cc(OC)c(OC)c(OC)c2)[C@H]3c2ccccc2Cl)cc1. The van der Waals surface area contributed by atoms with Crippen LogP contribution in [0.25, 0.3) is 0 Å². The maximum absolute atomic E-state index is 14.8. The number of benzene rings is 4. The number of fused-ring (bicyclic) bond motifs is 1. The van der Waals surface area contributed by atoms with Crippen LogP contribution >= 0.6 is 11.6 Å². The van der Waals surface area contributed by atoms with Crippen molar-refractivity contribution in [2.24, 2.45) is 0 Å². The van der Waals surface area contributed by atoms with Gasteiger partial charge in [0, 0.05) is 28.3 Å². The molecule has 0 saturated carbocycles. The molecule has 4 aromatic carbocycles. The van der Waals surface area contributed by atoms with E-state index in [0.717, 1.165) is 17.0 Å². The lowest BCUT2D eigenvalue weighted by Crippen LogP contribution is -2.38. The van der Waals surface area contributed by atoms with Crippen LogP contribution in [0, 0.1) is 0 Å². The van der Waals surface area contributed by atoms with Crippen LogP contribution in [0.2, 0.25) is 5.02 Å². The fourth-order valence-electron chi connectivity index (χ4n) is 6.26. The van der Waals surface area contributed by atoms with Crippen LogP contribution in [0.15, 0.2) is 96.2 Å². The van der Waals surface area contributed by atoms with Crippen molar-refractivity contribution in [2.75, 3.05) is 38.7 Å². The standard InChI is InChI=1S/C36H33ClN2O6/c1-42-24-15-13-21(14-16-24)22-17-28-33(30(40)18-22)34(25-9-5-6-10-26(25)37)39(29-12-8-7-11-27(29)38-28)36(41)23-19-31(43-2)35(45-4)32(20-23)44-3/h5-16,19-20,22,34,38H,17-18H2,1-4H3/t22-,34+/m1/s1. The number of amides is 1. The third-order valence-corrected chi connectivity index (χ3v) is 8.75. The van der Waals surface area contributed by atoms with Gasteiger partial charge < -0.3 is 24.3 Å². The van der Waals surface area contributed by atoms with Crippen molar-refractivity contribution in [3.8, 4) is 23.0 Å². The predicted molar refractivity (Wildman–Crippen MR) is 174 cm³/mol. The summed E-state index contributed by atoms with van der Waals surface area (Å²) in [5.41, 5.74) is 4.53. The molecule has 8 nitrogen and oxygen atoms in total. The van der Waals surface area contributed by atoms with Crippen molar-refractivity contribution in [3.63, 3.8) is 0 Å². The van der Waals surface area contributed by atoms with Crippen molar-refractivity contribution in [1.29, 1.82) is 0 Å². The van der Waals surface area contributed by atoms with Crippen LogP contribution in [0.5, 0.6) is 23.0 Å². The number of halogens is 1. The number of carbonyl (C=O) groups excluding carboxylic acids is 2. The summed E-state index contributed by atoms with van der Waals surface area (Å²) in [7, 11) is 6.14. The number of ether oxygens (including phenoxy) is 4.